The molecular weight excluding hydrogens is 390 g/mol. The van der Waals surface area contributed by atoms with Crippen LogP contribution in [0.4, 0.5) is 0 Å². The minimum atomic E-state index is 0.328. The zero-order valence-electron chi connectivity index (χ0n) is 12.5. The van der Waals surface area contributed by atoms with Crippen LogP contribution in [0.2, 0.25) is 10.0 Å². The summed E-state index contributed by atoms with van der Waals surface area (Å²) in [5.74, 6) is 1.20. The molecule has 0 saturated heterocycles. The number of hydrogen-bond donors (Lipinski definition) is 0. The van der Waals surface area contributed by atoms with Crippen LogP contribution < -0.4 is 0 Å². The summed E-state index contributed by atoms with van der Waals surface area (Å²) in [6.07, 6.45) is 1.83. The summed E-state index contributed by atoms with van der Waals surface area (Å²) in [6, 6.07) is 15.9. The van der Waals surface area contributed by atoms with Crippen molar-refractivity contribution in [1.82, 2.24) is 0 Å². The lowest BCUT2D eigenvalue weighted by molar-refractivity contribution is 0.902. The quantitative estimate of drug-likeness (QED) is 0.437. The van der Waals surface area contributed by atoms with Crippen LogP contribution in [0.15, 0.2) is 48.5 Å². The molecule has 0 fully saturated rings. The lowest BCUT2D eigenvalue weighted by Gasteiger charge is -2.20. The molecule has 2 unspecified atom stereocenters. The fourth-order valence-electron chi connectivity index (χ4n) is 2.32. The van der Waals surface area contributed by atoms with E-state index in [0.717, 1.165) is 22.9 Å². The summed E-state index contributed by atoms with van der Waals surface area (Å²) in [5, 5.41) is 2.16. The maximum absolute atomic E-state index is 6.17. The van der Waals surface area contributed by atoms with Crippen LogP contribution in [-0.2, 0) is 12.8 Å². The molecule has 0 aromatic heterocycles. The molecule has 0 nitrogen and oxygen atoms in total. The van der Waals surface area contributed by atoms with Crippen molar-refractivity contribution >= 4 is 58.2 Å². The van der Waals surface area contributed by atoms with Gasteiger partial charge in [-0.1, -0.05) is 47.5 Å². The highest BCUT2D eigenvalue weighted by Gasteiger charge is 2.17. The van der Waals surface area contributed by atoms with Crippen molar-refractivity contribution in [3.63, 3.8) is 0 Å². The van der Waals surface area contributed by atoms with Gasteiger partial charge in [0, 0.05) is 32.3 Å². The molecule has 2 aromatic carbocycles. The van der Waals surface area contributed by atoms with E-state index in [0.29, 0.717) is 22.3 Å². The van der Waals surface area contributed by atoms with Crippen molar-refractivity contribution in [2.24, 2.45) is 0 Å². The highest BCUT2D eigenvalue weighted by Crippen LogP contribution is 2.27. The molecule has 2 rings (SSSR count). The first-order valence-corrected chi connectivity index (χ1v) is 10.1. The maximum Gasteiger partial charge on any atom is 0.0406 e. The summed E-state index contributed by atoms with van der Waals surface area (Å²) in [6.45, 7) is 0. The normalized spacial score (nSPS) is 13.7. The van der Waals surface area contributed by atoms with Gasteiger partial charge < -0.3 is 0 Å². The van der Waals surface area contributed by atoms with Gasteiger partial charge in [0.05, 0.1) is 0 Å². The molecule has 0 aliphatic rings. The highest BCUT2D eigenvalue weighted by atomic mass is 35.5. The van der Waals surface area contributed by atoms with E-state index in [1.54, 1.807) is 0 Å². The van der Waals surface area contributed by atoms with Gasteiger partial charge in [-0.15, -0.1) is 23.2 Å². The number of hydrogen-bond acceptors (Lipinski definition) is 1. The molecule has 0 N–H and O–H groups in total. The Morgan fingerprint density at radius 2 is 1.00 bits per heavy atom. The molecule has 0 bridgehead atoms. The summed E-state index contributed by atoms with van der Waals surface area (Å²) >= 11 is 26.1. The second-order valence-electron chi connectivity index (χ2n) is 5.35. The predicted molar refractivity (Wildman–Crippen MR) is 107 cm³/mol. The molecule has 0 saturated carbocycles. The fraction of sp³-hybridized carbons (Fsp3) is 0.333. The third-order valence-corrected chi connectivity index (χ3v) is 6.53. The maximum atomic E-state index is 6.17. The van der Waals surface area contributed by atoms with Crippen molar-refractivity contribution in [2.45, 2.75) is 23.3 Å². The molecule has 0 heterocycles. The highest BCUT2D eigenvalue weighted by molar-refractivity contribution is 8.00. The lowest BCUT2D eigenvalue weighted by atomic mass is 10.1. The molecule has 2 aromatic rings. The number of halogens is 4. The van der Waals surface area contributed by atoms with Gasteiger partial charge in [0.25, 0.3) is 0 Å². The number of alkyl halides is 2. The van der Waals surface area contributed by atoms with Crippen LogP contribution in [0, 0.1) is 0 Å². The van der Waals surface area contributed by atoms with E-state index in [1.807, 2.05) is 36.0 Å². The predicted octanol–water partition coefficient (Wildman–Crippen LogP) is 6.73. The van der Waals surface area contributed by atoms with Crippen LogP contribution >= 0.6 is 58.2 Å². The van der Waals surface area contributed by atoms with Crippen LogP contribution in [0.1, 0.15) is 11.1 Å². The smallest absolute Gasteiger partial charge is 0.0406 e. The Morgan fingerprint density at radius 3 is 1.30 bits per heavy atom. The monoisotopic (exact) mass is 406 g/mol. The van der Waals surface area contributed by atoms with Gasteiger partial charge in [-0.3, -0.25) is 0 Å². The molecule has 0 amide bonds. The first-order valence-electron chi connectivity index (χ1n) is 7.37. The molecule has 0 radical (unpaired) electrons. The van der Waals surface area contributed by atoms with Crippen molar-refractivity contribution in [2.75, 3.05) is 11.8 Å². The van der Waals surface area contributed by atoms with Gasteiger partial charge in [0.2, 0.25) is 0 Å². The Hall–Kier alpha value is -0.0500. The molecule has 23 heavy (non-hydrogen) atoms. The van der Waals surface area contributed by atoms with Crippen LogP contribution in [0.3, 0.4) is 0 Å². The standard InChI is InChI=1S/C18H18Cl4S/c19-11-17(9-13-1-5-15(21)6-2-13)23-18(12-20)10-14-3-7-16(22)8-4-14/h1-8,17-18H,9-12H2. The summed E-state index contributed by atoms with van der Waals surface area (Å²) < 4.78 is 0. The molecule has 0 aliphatic carbocycles. The van der Waals surface area contributed by atoms with Crippen molar-refractivity contribution < 1.29 is 0 Å². The lowest BCUT2D eigenvalue weighted by Crippen LogP contribution is -2.18. The summed E-state index contributed by atoms with van der Waals surface area (Å²) in [7, 11) is 0. The third kappa shape index (κ3) is 6.76. The van der Waals surface area contributed by atoms with E-state index in [4.69, 9.17) is 46.4 Å². The minimum Gasteiger partial charge on any atom is -0.152 e. The van der Waals surface area contributed by atoms with Crippen molar-refractivity contribution in [3.05, 3.63) is 69.7 Å². The average Bonchev–Trinajstić information content (AvgIpc) is 2.57. The number of rotatable bonds is 8. The first-order chi connectivity index (χ1) is 11.1. The first kappa shape index (κ1) is 19.3. The van der Waals surface area contributed by atoms with Crippen molar-refractivity contribution in [3.8, 4) is 0 Å². The van der Waals surface area contributed by atoms with E-state index in [-0.39, 0.29) is 0 Å². The fourth-order valence-corrected chi connectivity index (χ4v) is 4.49. The van der Waals surface area contributed by atoms with Crippen LogP contribution in [0.5, 0.6) is 0 Å². The minimum absolute atomic E-state index is 0.328. The number of thioether (sulfide) groups is 1. The van der Waals surface area contributed by atoms with Gasteiger partial charge in [-0.25, -0.2) is 0 Å². The van der Waals surface area contributed by atoms with Gasteiger partial charge in [0.1, 0.15) is 0 Å². The van der Waals surface area contributed by atoms with E-state index in [9.17, 15) is 0 Å². The topological polar surface area (TPSA) is 0 Å². The SMILES string of the molecule is ClCC(Cc1ccc(Cl)cc1)SC(CCl)Cc1ccc(Cl)cc1. The molecule has 2 atom stereocenters. The van der Waals surface area contributed by atoms with Gasteiger partial charge in [0.15, 0.2) is 0 Å². The van der Waals surface area contributed by atoms with Crippen LogP contribution in [-0.4, -0.2) is 22.3 Å². The van der Waals surface area contributed by atoms with E-state index in [2.05, 4.69) is 24.3 Å². The Balaban J connectivity index is 1.94. The molecule has 124 valence electrons. The second-order valence-corrected chi connectivity index (χ2v) is 8.45. The molecule has 0 aliphatic heterocycles. The number of benzene rings is 2. The average molecular weight is 408 g/mol. The zero-order valence-corrected chi connectivity index (χ0v) is 16.4. The molecule has 5 heteroatoms. The molecule has 0 spiro atoms. The van der Waals surface area contributed by atoms with Crippen LogP contribution in [0.25, 0.3) is 0 Å². The van der Waals surface area contributed by atoms with Gasteiger partial charge in [-0.2, -0.15) is 11.8 Å². The van der Waals surface area contributed by atoms with Gasteiger partial charge >= 0.3 is 0 Å². The van der Waals surface area contributed by atoms with Gasteiger partial charge in [-0.05, 0) is 48.2 Å². The molecular formula is C18H18Cl4S. The summed E-state index contributed by atoms with van der Waals surface area (Å²) in [4.78, 5) is 0. The Kier molecular flexibility index (Phi) is 8.43. The Labute approximate surface area is 162 Å². The Morgan fingerprint density at radius 1 is 0.652 bits per heavy atom. The summed E-state index contributed by atoms with van der Waals surface area (Å²) in [5.41, 5.74) is 2.49. The van der Waals surface area contributed by atoms with E-state index in [1.165, 1.54) is 11.1 Å². The van der Waals surface area contributed by atoms with E-state index >= 15 is 0 Å². The Bertz CT molecular complexity index is 529. The zero-order chi connectivity index (χ0) is 16.7. The third-order valence-electron chi connectivity index (χ3n) is 3.48. The van der Waals surface area contributed by atoms with Crippen molar-refractivity contribution in [1.29, 1.82) is 0 Å². The van der Waals surface area contributed by atoms with E-state index < -0.39 is 0 Å². The largest absolute Gasteiger partial charge is 0.152 e. The second kappa shape index (κ2) is 10.1.